The van der Waals surface area contributed by atoms with Crippen molar-refractivity contribution in [2.45, 2.75) is 26.7 Å². The molecule has 2 nitrogen and oxygen atoms in total. The molecule has 2 rings (SSSR count). The maximum atomic E-state index is 5.90. The van der Waals surface area contributed by atoms with Gasteiger partial charge < -0.3 is 11.5 Å². The Balaban J connectivity index is 2.18. The maximum absolute atomic E-state index is 5.90. The summed E-state index contributed by atoms with van der Waals surface area (Å²) in [6.07, 6.45) is 2.72. The molecule has 0 saturated heterocycles. The molecule has 5 unspecified atom stereocenters. The molecule has 13 heavy (non-hydrogen) atoms. The third kappa shape index (κ3) is 1.08. The number of rotatable bonds is 2. The van der Waals surface area contributed by atoms with Crippen molar-refractivity contribution < 1.29 is 0 Å². The Kier molecular flexibility index (Phi) is 2.16. The van der Waals surface area contributed by atoms with Crippen LogP contribution in [0, 0.1) is 29.1 Å². The first-order valence-electron chi connectivity index (χ1n) is 5.53. The molecule has 0 aromatic heterocycles. The molecule has 4 N–H and O–H groups in total. The van der Waals surface area contributed by atoms with E-state index in [1.807, 2.05) is 0 Å². The topological polar surface area (TPSA) is 52.0 Å². The van der Waals surface area contributed by atoms with E-state index < -0.39 is 0 Å². The van der Waals surface area contributed by atoms with Crippen LogP contribution in [-0.4, -0.2) is 13.1 Å². The molecule has 76 valence electrons. The minimum Gasteiger partial charge on any atom is -0.330 e. The van der Waals surface area contributed by atoms with E-state index in [2.05, 4.69) is 13.8 Å². The SMILES string of the molecule is CC1C2CC(CC2CN)C1(C)CN. The number of hydrogen-bond donors (Lipinski definition) is 2. The molecule has 2 aliphatic rings. The summed E-state index contributed by atoms with van der Waals surface area (Å²) in [5.74, 6) is 3.29. The zero-order valence-electron chi connectivity index (χ0n) is 8.79. The molecular formula is C11H22N2. The summed E-state index contributed by atoms with van der Waals surface area (Å²) in [6, 6.07) is 0. The Morgan fingerprint density at radius 1 is 1.31 bits per heavy atom. The van der Waals surface area contributed by atoms with Gasteiger partial charge in [0, 0.05) is 0 Å². The van der Waals surface area contributed by atoms with E-state index in [1.54, 1.807) is 0 Å². The Bertz CT molecular complexity index is 198. The van der Waals surface area contributed by atoms with Crippen molar-refractivity contribution in [1.82, 2.24) is 0 Å². The molecule has 0 spiro atoms. The largest absolute Gasteiger partial charge is 0.330 e. The molecule has 2 saturated carbocycles. The fraction of sp³-hybridized carbons (Fsp3) is 1.00. The fourth-order valence-corrected chi connectivity index (χ4v) is 3.79. The molecule has 0 aliphatic heterocycles. The van der Waals surface area contributed by atoms with Gasteiger partial charge in [-0.25, -0.2) is 0 Å². The van der Waals surface area contributed by atoms with Crippen LogP contribution in [-0.2, 0) is 0 Å². The Hall–Kier alpha value is -0.0800. The predicted molar refractivity (Wildman–Crippen MR) is 55.1 cm³/mol. The van der Waals surface area contributed by atoms with E-state index in [0.29, 0.717) is 5.41 Å². The molecule has 2 aliphatic carbocycles. The van der Waals surface area contributed by atoms with Gasteiger partial charge in [0.25, 0.3) is 0 Å². The van der Waals surface area contributed by atoms with Crippen LogP contribution >= 0.6 is 0 Å². The van der Waals surface area contributed by atoms with Crippen LogP contribution < -0.4 is 11.5 Å². The third-order valence-electron chi connectivity index (χ3n) is 5.11. The van der Waals surface area contributed by atoms with E-state index in [9.17, 15) is 0 Å². The normalized spacial score (nSPS) is 54.5. The molecule has 2 heteroatoms. The molecule has 0 heterocycles. The van der Waals surface area contributed by atoms with Crippen LogP contribution in [0.4, 0.5) is 0 Å². The molecule has 0 radical (unpaired) electrons. The summed E-state index contributed by atoms with van der Waals surface area (Å²) in [7, 11) is 0. The number of nitrogens with two attached hydrogens (primary N) is 2. The molecular weight excluding hydrogens is 160 g/mol. The second-order valence-electron chi connectivity index (χ2n) is 5.33. The molecule has 5 atom stereocenters. The third-order valence-corrected chi connectivity index (χ3v) is 5.11. The number of fused-ring (bicyclic) bond motifs is 2. The highest BCUT2D eigenvalue weighted by molar-refractivity contribution is 5.05. The van der Waals surface area contributed by atoms with E-state index in [0.717, 1.165) is 36.8 Å². The molecule has 2 fully saturated rings. The maximum Gasteiger partial charge on any atom is -0.00179 e. The molecule has 0 amide bonds. The average molecular weight is 182 g/mol. The smallest absolute Gasteiger partial charge is 0.00179 e. The average Bonchev–Trinajstić information content (AvgIpc) is 2.66. The van der Waals surface area contributed by atoms with E-state index in [4.69, 9.17) is 11.5 Å². The zero-order valence-corrected chi connectivity index (χ0v) is 8.79. The van der Waals surface area contributed by atoms with Crippen molar-refractivity contribution >= 4 is 0 Å². The van der Waals surface area contributed by atoms with Crippen molar-refractivity contribution in [3.05, 3.63) is 0 Å². The van der Waals surface area contributed by atoms with Crippen LogP contribution in [0.5, 0.6) is 0 Å². The van der Waals surface area contributed by atoms with E-state index in [-0.39, 0.29) is 0 Å². The second-order valence-corrected chi connectivity index (χ2v) is 5.33. The predicted octanol–water partition coefficient (Wildman–Crippen LogP) is 1.20. The van der Waals surface area contributed by atoms with Gasteiger partial charge in [-0.05, 0) is 55.0 Å². The first-order chi connectivity index (χ1) is 6.13. The Morgan fingerprint density at radius 3 is 2.46 bits per heavy atom. The zero-order chi connectivity index (χ0) is 9.64. The summed E-state index contributed by atoms with van der Waals surface area (Å²) in [4.78, 5) is 0. The lowest BCUT2D eigenvalue weighted by Crippen LogP contribution is -2.42. The van der Waals surface area contributed by atoms with Gasteiger partial charge in [0.1, 0.15) is 0 Å². The minimum absolute atomic E-state index is 0.413. The van der Waals surface area contributed by atoms with Crippen LogP contribution in [0.25, 0.3) is 0 Å². The van der Waals surface area contributed by atoms with Crippen molar-refractivity contribution in [2.24, 2.45) is 40.6 Å². The lowest BCUT2D eigenvalue weighted by atomic mass is 9.65. The first kappa shape index (κ1) is 9.47. The quantitative estimate of drug-likeness (QED) is 0.674. The van der Waals surface area contributed by atoms with Crippen molar-refractivity contribution in [3.8, 4) is 0 Å². The van der Waals surface area contributed by atoms with Crippen molar-refractivity contribution in [1.29, 1.82) is 0 Å². The molecule has 2 bridgehead atoms. The van der Waals surface area contributed by atoms with Crippen LogP contribution in [0.2, 0.25) is 0 Å². The number of hydrogen-bond acceptors (Lipinski definition) is 2. The van der Waals surface area contributed by atoms with Gasteiger partial charge >= 0.3 is 0 Å². The molecule has 0 aromatic carbocycles. The summed E-state index contributed by atoms with van der Waals surface area (Å²) in [5, 5.41) is 0. The van der Waals surface area contributed by atoms with Crippen molar-refractivity contribution in [3.63, 3.8) is 0 Å². The van der Waals surface area contributed by atoms with E-state index >= 15 is 0 Å². The first-order valence-corrected chi connectivity index (χ1v) is 5.53. The summed E-state index contributed by atoms with van der Waals surface area (Å²) in [5.41, 5.74) is 12.1. The Morgan fingerprint density at radius 2 is 2.00 bits per heavy atom. The highest BCUT2D eigenvalue weighted by Gasteiger charge is 2.55. The summed E-state index contributed by atoms with van der Waals surface area (Å²) < 4.78 is 0. The van der Waals surface area contributed by atoms with Gasteiger partial charge in [-0.2, -0.15) is 0 Å². The monoisotopic (exact) mass is 182 g/mol. The van der Waals surface area contributed by atoms with Gasteiger partial charge in [0.15, 0.2) is 0 Å². The standard InChI is InChI=1S/C11H22N2/c1-7-10-4-9(3-8(10)5-12)11(7,2)6-13/h7-10H,3-6,12-13H2,1-2H3. The lowest BCUT2D eigenvalue weighted by Gasteiger charge is -2.41. The van der Waals surface area contributed by atoms with Gasteiger partial charge in [-0.1, -0.05) is 13.8 Å². The highest BCUT2D eigenvalue weighted by Crippen LogP contribution is 2.60. The van der Waals surface area contributed by atoms with E-state index in [1.165, 1.54) is 12.8 Å². The fourth-order valence-electron chi connectivity index (χ4n) is 3.79. The highest BCUT2D eigenvalue weighted by atomic mass is 14.7. The summed E-state index contributed by atoms with van der Waals surface area (Å²) >= 11 is 0. The van der Waals surface area contributed by atoms with Gasteiger partial charge in [-0.3, -0.25) is 0 Å². The Labute approximate surface area is 81.1 Å². The lowest BCUT2D eigenvalue weighted by molar-refractivity contribution is 0.0891. The van der Waals surface area contributed by atoms with Crippen LogP contribution in [0.3, 0.4) is 0 Å². The van der Waals surface area contributed by atoms with Crippen molar-refractivity contribution in [2.75, 3.05) is 13.1 Å². The second kappa shape index (κ2) is 2.96. The molecule has 0 aromatic rings. The summed E-state index contributed by atoms with van der Waals surface area (Å²) in [6.45, 7) is 6.48. The van der Waals surface area contributed by atoms with Gasteiger partial charge in [0.05, 0.1) is 0 Å². The van der Waals surface area contributed by atoms with Crippen LogP contribution in [0.1, 0.15) is 26.7 Å². The van der Waals surface area contributed by atoms with Gasteiger partial charge in [0.2, 0.25) is 0 Å². The minimum atomic E-state index is 0.413. The van der Waals surface area contributed by atoms with Crippen LogP contribution in [0.15, 0.2) is 0 Å². The van der Waals surface area contributed by atoms with Gasteiger partial charge in [-0.15, -0.1) is 0 Å².